The molecule has 100 valence electrons. The van der Waals surface area contributed by atoms with Gasteiger partial charge >= 0.3 is 6.18 Å². The molecule has 0 aliphatic carbocycles. The first kappa shape index (κ1) is 13.5. The quantitative estimate of drug-likeness (QED) is 0.733. The summed E-state index contributed by atoms with van der Waals surface area (Å²) < 4.78 is 50.9. The lowest BCUT2D eigenvalue weighted by Crippen LogP contribution is -2.04. The fourth-order valence-corrected chi connectivity index (χ4v) is 1.91. The summed E-state index contributed by atoms with van der Waals surface area (Å²) in [6, 6.07) is 4.64. The Kier molecular flexibility index (Phi) is 3.55. The number of alkyl halides is 3. The Morgan fingerprint density at radius 1 is 1.05 bits per heavy atom. The lowest BCUT2D eigenvalue weighted by molar-refractivity contribution is -0.137. The second-order valence-electron chi connectivity index (χ2n) is 4.08. The van der Waals surface area contributed by atoms with Crippen molar-refractivity contribution < 1.29 is 17.6 Å². The van der Waals surface area contributed by atoms with Crippen LogP contribution in [0.1, 0.15) is 18.1 Å². The summed E-state index contributed by atoms with van der Waals surface area (Å²) >= 11 is 0. The maximum absolute atomic E-state index is 13.6. The van der Waals surface area contributed by atoms with E-state index < -0.39 is 17.6 Å². The highest BCUT2D eigenvalue weighted by atomic mass is 19.4. The average Bonchev–Trinajstić information content (AvgIpc) is 2.37. The summed E-state index contributed by atoms with van der Waals surface area (Å²) in [5.41, 5.74) is 0.779. The molecule has 0 saturated heterocycles. The molecule has 1 nitrogen and oxygen atoms in total. The maximum atomic E-state index is 13.6. The standard InChI is InChI=1S/C14H11F4N/c1-2-11-12(7-19-8-13(11)15)9-3-5-10(6-4-9)14(16,17)18/h3-8H,2H2,1H3. The van der Waals surface area contributed by atoms with E-state index in [0.717, 1.165) is 18.3 Å². The number of hydrogen-bond donors (Lipinski definition) is 0. The van der Waals surface area contributed by atoms with Crippen LogP contribution < -0.4 is 0 Å². The minimum absolute atomic E-state index is 0.445. The second-order valence-corrected chi connectivity index (χ2v) is 4.08. The molecule has 0 aliphatic rings. The van der Waals surface area contributed by atoms with Crippen molar-refractivity contribution in [2.75, 3.05) is 0 Å². The molecule has 0 unspecified atom stereocenters. The summed E-state index contributed by atoms with van der Waals surface area (Å²) in [5, 5.41) is 0. The van der Waals surface area contributed by atoms with Crippen LogP contribution in [0, 0.1) is 5.82 Å². The molecule has 0 spiro atoms. The summed E-state index contributed by atoms with van der Waals surface area (Å²) in [7, 11) is 0. The van der Waals surface area contributed by atoms with Gasteiger partial charge in [-0.3, -0.25) is 4.98 Å². The summed E-state index contributed by atoms with van der Waals surface area (Å²) in [6.45, 7) is 1.78. The number of benzene rings is 1. The van der Waals surface area contributed by atoms with Crippen molar-refractivity contribution in [3.63, 3.8) is 0 Å². The Bertz CT molecular complexity index is 573. The fraction of sp³-hybridized carbons (Fsp3) is 0.214. The van der Waals surface area contributed by atoms with E-state index in [2.05, 4.69) is 4.98 Å². The zero-order chi connectivity index (χ0) is 14.0. The molecular formula is C14H11F4N. The van der Waals surface area contributed by atoms with Crippen molar-refractivity contribution in [2.45, 2.75) is 19.5 Å². The number of nitrogens with zero attached hydrogens (tertiary/aromatic N) is 1. The van der Waals surface area contributed by atoms with Crippen molar-refractivity contribution in [2.24, 2.45) is 0 Å². The first-order valence-corrected chi connectivity index (χ1v) is 5.73. The van der Waals surface area contributed by atoms with Gasteiger partial charge in [-0.25, -0.2) is 4.39 Å². The molecule has 1 aromatic carbocycles. The van der Waals surface area contributed by atoms with Gasteiger partial charge in [-0.1, -0.05) is 19.1 Å². The van der Waals surface area contributed by atoms with Crippen LogP contribution >= 0.6 is 0 Å². The highest BCUT2D eigenvalue weighted by Gasteiger charge is 2.30. The molecular weight excluding hydrogens is 258 g/mol. The van der Waals surface area contributed by atoms with Crippen LogP contribution in [-0.4, -0.2) is 4.98 Å². The Morgan fingerprint density at radius 3 is 2.21 bits per heavy atom. The molecule has 0 bridgehead atoms. The van der Waals surface area contributed by atoms with Crippen LogP contribution in [0.4, 0.5) is 17.6 Å². The number of aromatic nitrogens is 1. The first-order chi connectivity index (χ1) is 8.93. The predicted molar refractivity (Wildman–Crippen MR) is 64.0 cm³/mol. The Hall–Kier alpha value is -1.91. The molecule has 2 aromatic rings. The summed E-state index contributed by atoms with van der Waals surface area (Å²) in [6.07, 6.45) is -1.35. The van der Waals surface area contributed by atoms with E-state index >= 15 is 0 Å². The molecule has 0 amide bonds. The van der Waals surface area contributed by atoms with Crippen LogP contribution in [-0.2, 0) is 12.6 Å². The molecule has 1 heterocycles. The Labute approximate surface area is 107 Å². The van der Waals surface area contributed by atoms with E-state index in [1.54, 1.807) is 6.92 Å². The van der Waals surface area contributed by atoms with E-state index in [-0.39, 0.29) is 0 Å². The minimum Gasteiger partial charge on any atom is -0.261 e. The summed E-state index contributed by atoms with van der Waals surface area (Å²) in [4.78, 5) is 3.74. The Morgan fingerprint density at radius 2 is 1.68 bits per heavy atom. The zero-order valence-electron chi connectivity index (χ0n) is 10.1. The van der Waals surface area contributed by atoms with Gasteiger partial charge in [0.1, 0.15) is 5.82 Å². The van der Waals surface area contributed by atoms with Gasteiger partial charge in [-0.2, -0.15) is 13.2 Å². The van der Waals surface area contributed by atoms with Crippen LogP contribution in [0.3, 0.4) is 0 Å². The lowest BCUT2D eigenvalue weighted by Gasteiger charge is -2.10. The van der Waals surface area contributed by atoms with Gasteiger partial charge < -0.3 is 0 Å². The number of halogens is 4. The predicted octanol–water partition coefficient (Wildman–Crippen LogP) is 4.47. The zero-order valence-corrected chi connectivity index (χ0v) is 10.1. The average molecular weight is 269 g/mol. The molecule has 0 radical (unpaired) electrons. The van der Waals surface area contributed by atoms with E-state index in [4.69, 9.17) is 0 Å². The van der Waals surface area contributed by atoms with Gasteiger partial charge in [-0.05, 0) is 29.7 Å². The normalized spacial score (nSPS) is 11.6. The van der Waals surface area contributed by atoms with E-state index in [1.165, 1.54) is 18.3 Å². The number of hydrogen-bond acceptors (Lipinski definition) is 1. The van der Waals surface area contributed by atoms with Crippen molar-refractivity contribution >= 4 is 0 Å². The molecule has 0 saturated carbocycles. The van der Waals surface area contributed by atoms with Crippen LogP contribution in [0.5, 0.6) is 0 Å². The fourth-order valence-electron chi connectivity index (χ4n) is 1.91. The van der Waals surface area contributed by atoms with Crippen LogP contribution in [0.2, 0.25) is 0 Å². The molecule has 1 aromatic heterocycles. The maximum Gasteiger partial charge on any atom is 0.416 e. The Balaban J connectivity index is 2.46. The number of pyridine rings is 1. The van der Waals surface area contributed by atoms with E-state index in [9.17, 15) is 17.6 Å². The molecule has 5 heteroatoms. The summed E-state index contributed by atoms with van der Waals surface area (Å²) in [5.74, 6) is -0.445. The second kappa shape index (κ2) is 4.99. The third-order valence-corrected chi connectivity index (χ3v) is 2.88. The first-order valence-electron chi connectivity index (χ1n) is 5.73. The van der Waals surface area contributed by atoms with Crippen LogP contribution in [0.15, 0.2) is 36.7 Å². The van der Waals surface area contributed by atoms with Crippen molar-refractivity contribution in [3.05, 3.63) is 53.6 Å². The molecule has 0 fully saturated rings. The SMILES string of the molecule is CCc1c(F)cncc1-c1ccc(C(F)(F)F)cc1. The van der Waals surface area contributed by atoms with E-state index in [1.807, 2.05) is 0 Å². The van der Waals surface area contributed by atoms with Crippen molar-refractivity contribution in [1.82, 2.24) is 4.98 Å². The molecule has 0 atom stereocenters. The minimum atomic E-state index is -4.37. The van der Waals surface area contributed by atoms with Gasteiger partial charge in [0.25, 0.3) is 0 Å². The van der Waals surface area contributed by atoms with E-state index in [0.29, 0.717) is 23.1 Å². The van der Waals surface area contributed by atoms with Gasteiger partial charge in [0, 0.05) is 11.8 Å². The monoisotopic (exact) mass is 269 g/mol. The van der Waals surface area contributed by atoms with Crippen molar-refractivity contribution in [3.8, 4) is 11.1 Å². The largest absolute Gasteiger partial charge is 0.416 e. The lowest BCUT2D eigenvalue weighted by atomic mass is 9.99. The molecule has 0 N–H and O–H groups in total. The highest BCUT2D eigenvalue weighted by Crippen LogP contribution is 2.32. The van der Waals surface area contributed by atoms with Crippen molar-refractivity contribution in [1.29, 1.82) is 0 Å². The smallest absolute Gasteiger partial charge is 0.261 e. The van der Waals surface area contributed by atoms with Gasteiger partial charge in [0.2, 0.25) is 0 Å². The molecule has 0 aliphatic heterocycles. The number of rotatable bonds is 2. The third kappa shape index (κ3) is 2.75. The van der Waals surface area contributed by atoms with Gasteiger partial charge in [0.05, 0.1) is 11.8 Å². The van der Waals surface area contributed by atoms with Gasteiger partial charge in [0.15, 0.2) is 0 Å². The van der Waals surface area contributed by atoms with Gasteiger partial charge in [-0.15, -0.1) is 0 Å². The molecule has 19 heavy (non-hydrogen) atoms. The highest BCUT2D eigenvalue weighted by molar-refractivity contribution is 5.66. The van der Waals surface area contributed by atoms with Crippen LogP contribution in [0.25, 0.3) is 11.1 Å². The topological polar surface area (TPSA) is 12.9 Å². The molecule has 2 rings (SSSR count). The third-order valence-electron chi connectivity index (χ3n) is 2.88.